The van der Waals surface area contributed by atoms with E-state index in [1.54, 1.807) is 0 Å². The molecule has 0 atom stereocenters. The fraction of sp³-hybridized carbons (Fsp3) is 0.400. The van der Waals surface area contributed by atoms with Crippen LogP contribution in [0.4, 0.5) is 0 Å². The number of primary amides is 1. The first-order valence-electron chi connectivity index (χ1n) is 4.56. The number of carbonyl (C=O) groups is 1. The lowest BCUT2D eigenvalue weighted by molar-refractivity contribution is 0.0999. The number of hydrogen-bond donors (Lipinski definition) is 2. The minimum atomic E-state index is -0.505. The van der Waals surface area contributed by atoms with Gasteiger partial charge in [-0.05, 0) is 19.9 Å². The zero-order valence-corrected chi connectivity index (χ0v) is 8.86. The van der Waals surface area contributed by atoms with Crippen molar-refractivity contribution in [3.05, 3.63) is 23.9 Å². The Bertz CT molecular complexity index is 358. The molecule has 1 aromatic rings. The largest absolute Gasteiger partial charge is 0.476 e. The predicted molar refractivity (Wildman–Crippen MR) is 56.5 cm³/mol. The molecule has 0 saturated heterocycles. The van der Waals surface area contributed by atoms with E-state index in [1.807, 2.05) is 13.8 Å². The van der Waals surface area contributed by atoms with Gasteiger partial charge in [-0.25, -0.2) is 4.98 Å². The summed E-state index contributed by atoms with van der Waals surface area (Å²) in [6, 6.07) is 3.02. The van der Waals surface area contributed by atoms with Gasteiger partial charge in [0.25, 0.3) is 0 Å². The Morgan fingerprint density at radius 1 is 1.60 bits per heavy atom. The van der Waals surface area contributed by atoms with Gasteiger partial charge in [-0.3, -0.25) is 4.79 Å². The summed E-state index contributed by atoms with van der Waals surface area (Å²) >= 11 is 0. The van der Waals surface area contributed by atoms with E-state index in [9.17, 15) is 4.79 Å². The van der Waals surface area contributed by atoms with Crippen molar-refractivity contribution in [2.45, 2.75) is 19.4 Å². The maximum Gasteiger partial charge on any atom is 0.248 e. The molecule has 1 amide bonds. The SMILES string of the molecule is CC(C)(N)COc1cc(C(N)=O)ccn1. The monoisotopic (exact) mass is 209 g/mol. The van der Waals surface area contributed by atoms with Crippen molar-refractivity contribution < 1.29 is 9.53 Å². The molecule has 0 spiro atoms. The molecular formula is C10H15N3O2. The van der Waals surface area contributed by atoms with E-state index in [-0.39, 0.29) is 0 Å². The Morgan fingerprint density at radius 3 is 2.80 bits per heavy atom. The molecule has 1 heterocycles. The molecule has 0 saturated carbocycles. The Balaban J connectivity index is 2.70. The summed E-state index contributed by atoms with van der Waals surface area (Å²) in [6.07, 6.45) is 1.47. The van der Waals surface area contributed by atoms with Gasteiger partial charge in [0.05, 0.1) is 0 Å². The van der Waals surface area contributed by atoms with E-state index in [0.717, 1.165) is 0 Å². The predicted octanol–water partition coefficient (Wildman–Crippen LogP) is 0.297. The first-order valence-corrected chi connectivity index (χ1v) is 4.56. The zero-order chi connectivity index (χ0) is 11.5. The van der Waals surface area contributed by atoms with E-state index < -0.39 is 11.4 Å². The number of hydrogen-bond acceptors (Lipinski definition) is 4. The maximum absolute atomic E-state index is 10.9. The number of carbonyl (C=O) groups excluding carboxylic acids is 1. The summed E-state index contributed by atoms with van der Waals surface area (Å²) in [6.45, 7) is 4.00. The lowest BCUT2D eigenvalue weighted by Crippen LogP contribution is -2.38. The average Bonchev–Trinajstić information content (AvgIpc) is 2.14. The molecule has 0 bridgehead atoms. The third-order valence-corrected chi connectivity index (χ3v) is 1.61. The normalized spacial score (nSPS) is 11.1. The lowest BCUT2D eigenvalue weighted by atomic mass is 10.1. The molecule has 5 nitrogen and oxygen atoms in total. The third-order valence-electron chi connectivity index (χ3n) is 1.61. The van der Waals surface area contributed by atoms with Gasteiger partial charge in [-0.15, -0.1) is 0 Å². The fourth-order valence-corrected chi connectivity index (χ4v) is 0.902. The number of nitrogens with two attached hydrogens (primary N) is 2. The molecule has 15 heavy (non-hydrogen) atoms. The summed E-state index contributed by atoms with van der Waals surface area (Å²) in [5.74, 6) is -0.154. The number of ether oxygens (including phenoxy) is 1. The summed E-state index contributed by atoms with van der Waals surface area (Å²) < 4.78 is 5.32. The summed E-state index contributed by atoms with van der Waals surface area (Å²) in [4.78, 5) is 14.8. The Kier molecular flexibility index (Phi) is 3.26. The molecule has 0 aliphatic rings. The van der Waals surface area contributed by atoms with Gasteiger partial charge in [0.1, 0.15) is 6.61 Å². The highest BCUT2D eigenvalue weighted by Crippen LogP contribution is 2.10. The zero-order valence-electron chi connectivity index (χ0n) is 8.86. The first kappa shape index (κ1) is 11.5. The second kappa shape index (κ2) is 4.27. The van der Waals surface area contributed by atoms with Crippen LogP contribution in [0.3, 0.4) is 0 Å². The van der Waals surface area contributed by atoms with Crippen molar-refractivity contribution in [3.63, 3.8) is 0 Å². The number of rotatable bonds is 4. The van der Waals surface area contributed by atoms with Crippen molar-refractivity contribution in [2.24, 2.45) is 11.5 Å². The van der Waals surface area contributed by atoms with Crippen molar-refractivity contribution in [1.82, 2.24) is 4.98 Å². The second-order valence-electron chi connectivity index (χ2n) is 4.02. The smallest absolute Gasteiger partial charge is 0.248 e. The summed E-state index contributed by atoms with van der Waals surface area (Å²) in [5.41, 5.74) is 10.8. The van der Waals surface area contributed by atoms with E-state index in [2.05, 4.69) is 4.98 Å². The number of nitrogens with zero attached hydrogens (tertiary/aromatic N) is 1. The second-order valence-corrected chi connectivity index (χ2v) is 4.02. The molecule has 82 valence electrons. The molecular weight excluding hydrogens is 194 g/mol. The highest BCUT2D eigenvalue weighted by atomic mass is 16.5. The van der Waals surface area contributed by atoms with Gasteiger partial charge >= 0.3 is 0 Å². The standard InChI is InChI=1S/C10H15N3O2/c1-10(2,12)6-15-8-5-7(9(11)14)3-4-13-8/h3-5H,6,12H2,1-2H3,(H2,11,14). The topological polar surface area (TPSA) is 91.2 Å². The van der Waals surface area contributed by atoms with Crippen molar-refractivity contribution >= 4 is 5.91 Å². The number of aromatic nitrogens is 1. The van der Waals surface area contributed by atoms with Crippen LogP contribution in [0, 0.1) is 0 Å². The van der Waals surface area contributed by atoms with E-state index in [0.29, 0.717) is 18.1 Å². The van der Waals surface area contributed by atoms with Gasteiger partial charge in [0.2, 0.25) is 11.8 Å². The minimum absolute atomic E-state index is 0.322. The molecule has 1 aromatic heterocycles. The molecule has 0 unspecified atom stereocenters. The van der Waals surface area contributed by atoms with Gasteiger partial charge in [0, 0.05) is 23.4 Å². The molecule has 4 N–H and O–H groups in total. The summed E-state index contributed by atoms with van der Waals surface area (Å²) in [7, 11) is 0. The molecule has 5 heteroatoms. The van der Waals surface area contributed by atoms with Crippen LogP contribution < -0.4 is 16.2 Å². The number of amides is 1. The van der Waals surface area contributed by atoms with Crippen molar-refractivity contribution in [1.29, 1.82) is 0 Å². The highest BCUT2D eigenvalue weighted by molar-refractivity contribution is 5.92. The Hall–Kier alpha value is -1.62. The molecule has 0 fully saturated rings. The average molecular weight is 209 g/mol. The van der Waals surface area contributed by atoms with Crippen LogP contribution in [-0.4, -0.2) is 23.0 Å². The van der Waals surface area contributed by atoms with Crippen molar-refractivity contribution in [2.75, 3.05) is 6.61 Å². The quantitative estimate of drug-likeness (QED) is 0.745. The minimum Gasteiger partial charge on any atom is -0.476 e. The van der Waals surface area contributed by atoms with Crippen LogP contribution in [0.1, 0.15) is 24.2 Å². The molecule has 0 aliphatic heterocycles. The molecule has 0 radical (unpaired) electrons. The highest BCUT2D eigenvalue weighted by Gasteiger charge is 2.12. The third kappa shape index (κ3) is 3.95. The first-order chi connectivity index (χ1) is 6.88. The van der Waals surface area contributed by atoms with Crippen LogP contribution in [0.15, 0.2) is 18.3 Å². The fourth-order valence-electron chi connectivity index (χ4n) is 0.902. The van der Waals surface area contributed by atoms with Crippen LogP contribution >= 0.6 is 0 Å². The van der Waals surface area contributed by atoms with Crippen LogP contribution in [0.25, 0.3) is 0 Å². The van der Waals surface area contributed by atoms with E-state index >= 15 is 0 Å². The van der Waals surface area contributed by atoms with E-state index in [4.69, 9.17) is 16.2 Å². The molecule has 0 aromatic carbocycles. The molecule has 0 aliphatic carbocycles. The van der Waals surface area contributed by atoms with E-state index in [1.165, 1.54) is 18.3 Å². The summed E-state index contributed by atoms with van der Waals surface area (Å²) in [5, 5.41) is 0. The van der Waals surface area contributed by atoms with Gasteiger partial charge in [-0.2, -0.15) is 0 Å². The Labute approximate surface area is 88.4 Å². The van der Waals surface area contributed by atoms with Crippen LogP contribution in [-0.2, 0) is 0 Å². The van der Waals surface area contributed by atoms with Gasteiger partial charge in [-0.1, -0.05) is 0 Å². The van der Waals surface area contributed by atoms with Gasteiger partial charge < -0.3 is 16.2 Å². The van der Waals surface area contributed by atoms with Crippen molar-refractivity contribution in [3.8, 4) is 5.88 Å². The number of pyridine rings is 1. The van der Waals surface area contributed by atoms with Gasteiger partial charge in [0.15, 0.2) is 0 Å². The van der Waals surface area contributed by atoms with Crippen LogP contribution in [0.5, 0.6) is 5.88 Å². The lowest BCUT2D eigenvalue weighted by Gasteiger charge is -2.18. The molecule has 1 rings (SSSR count). The maximum atomic E-state index is 10.9. The Morgan fingerprint density at radius 2 is 2.27 bits per heavy atom. The van der Waals surface area contributed by atoms with Crippen LogP contribution in [0.2, 0.25) is 0 Å².